The Morgan fingerprint density at radius 1 is 1.00 bits per heavy atom. The van der Waals surface area contributed by atoms with Crippen molar-refractivity contribution in [2.75, 3.05) is 60.9 Å². The molecule has 0 aromatic carbocycles. The second-order valence-electron chi connectivity index (χ2n) is 6.56. The Labute approximate surface area is 123 Å². The minimum Gasteiger partial charge on any atom is -0.344 e. The van der Waals surface area contributed by atoms with Crippen LogP contribution in [0.3, 0.4) is 0 Å². The van der Waals surface area contributed by atoms with Crippen LogP contribution in [-0.2, 0) is 4.79 Å². The monoisotopic (exact) mass is 282 g/mol. The van der Waals surface area contributed by atoms with E-state index in [0.717, 1.165) is 26.1 Å². The van der Waals surface area contributed by atoms with E-state index in [-0.39, 0.29) is 11.9 Å². The number of nitrogens with zero attached hydrogens (tertiary/aromatic N) is 4. The van der Waals surface area contributed by atoms with Crippen LogP contribution in [0.2, 0.25) is 0 Å². The molecule has 2 fully saturated rings. The molecular weight excluding hydrogens is 252 g/mol. The molecule has 2 rings (SSSR count). The van der Waals surface area contributed by atoms with E-state index in [4.69, 9.17) is 0 Å². The number of amides is 1. The summed E-state index contributed by atoms with van der Waals surface area (Å²) in [5.74, 6) is 0.287. The van der Waals surface area contributed by atoms with Crippen molar-refractivity contribution < 1.29 is 4.79 Å². The Kier molecular flexibility index (Phi) is 5.41. The van der Waals surface area contributed by atoms with Gasteiger partial charge in [-0.2, -0.15) is 0 Å². The first-order valence-corrected chi connectivity index (χ1v) is 7.83. The van der Waals surface area contributed by atoms with Crippen molar-refractivity contribution >= 4 is 5.91 Å². The van der Waals surface area contributed by atoms with E-state index in [2.05, 4.69) is 35.8 Å². The number of rotatable bonds is 5. The normalized spacial score (nSPS) is 26.2. The highest BCUT2D eigenvalue weighted by molar-refractivity contribution is 5.83. The van der Waals surface area contributed by atoms with E-state index in [0.29, 0.717) is 6.04 Å². The van der Waals surface area contributed by atoms with Gasteiger partial charge in [0.25, 0.3) is 0 Å². The third-order valence-corrected chi connectivity index (χ3v) is 5.05. The van der Waals surface area contributed by atoms with Gasteiger partial charge in [0.1, 0.15) is 0 Å². The van der Waals surface area contributed by atoms with Gasteiger partial charge in [-0.05, 0) is 53.5 Å². The van der Waals surface area contributed by atoms with Gasteiger partial charge in [0.05, 0.1) is 6.04 Å². The van der Waals surface area contributed by atoms with Crippen LogP contribution in [0.5, 0.6) is 0 Å². The molecule has 2 saturated heterocycles. The molecule has 116 valence electrons. The van der Waals surface area contributed by atoms with Crippen molar-refractivity contribution in [3.63, 3.8) is 0 Å². The standard InChI is InChI=1S/C15H30N4O/c1-16-8-5-13(6-9-16)17(2)11-12-18(3)14-7-10-19(4)15(14)20/h13-14H,5-12H2,1-4H3/t14-/m0/s1. The highest BCUT2D eigenvalue weighted by Gasteiger charge is 2.32. The zero-order valence-corrected chi connectivity index (χ0v) is 13.5. The second kappa shape index (κ2) is 6.87. The molecule has 0 bridgehead atoms. The topological polar surface area (TPSA) is 30.0 Å². The Morgan fingerprint density at radius 2 is 1.60 bits per heavy atom. The summed E-state index contributed by atoms with van der Waals surface area (Å²) in [6.45, 7) is 5.34. The Morgan fingerprint density at radius 3 is 2.15 bits per heavy atom. The Bertz CT molecular complexity index is 328. The van der Waals surface area contributed by atoms with E-state index in [9.17, 15) is 4.79 Å². The Hall–Kier alpha value is -0.650. The first kappa shape index (κ1) is 15.7. The zero-order chi connectivity index (χ0) is 14.7. The van der Waals surface area contributed by atoms with Gasteiger partial charge in [-0.25, -0.2) is 0 Å². The summed E-state index contributed by atoms with van der Waals surface area (Å²) in [7, 11) is 8.42. The van der Waals surface area contributed by atoms with E-state index < -0.39 is 0 Å². The molecule has 0 aromatic heterocycles. The van der Waals surface area contributed by atoms with Gasteiger partial charge in [0, 0.05) is 32.7 Å². The van der Waals surface area contributed by atoms with E-state index >= 15 is 0 Å². The van der Waals surface area contributed by atoms with Crippen LogP contribution < -0.4 is 0 Å². The summed E-state index contributed by atoms with van der Waals surface area (Å²) in [6.07, 6.45) is 3.51. The van der Waals surface area contributed by atoms with Gasteiger partial charge < -0.3 is 14.7 Å². The minimum absolute atomic E-state index is 0.103. The number of likely N-dealkylation sites (N-methyl/N-ethyl adjacent to an activating group) is 3. The highest BCUT2D eigenvalue weighted by Crippen LogP contribution is 2.16. The fourth-order valence-electron chi connectivity index (χ4n) is 3.30. The summed E-state index contributed by atoms with van der Waals surface area (Å²) in [4.78, 5) is 21.0. The largest absolute Gasteiger partial charge is 0.344 e. The maximum Gasteiger partial charge on any atom is 0.239 e. The SMILES string of the molecule is CN1CCC(N(C)CCN(C)[C@H]2CCN(C)C2=O)CC1. The molecule has 1 amide bonds. The molecule has 0 aromatic rings. The fraction of sp³-hybridized carbons (Fsp3) is 0.933. The summed E-state index contributed by atoms with van der Waals surface area (Å²) >= 11 is 0. The van der Waals surface area contributed by atoms with Gasteiger partial charge in [-0.1, -0.05) is 0 Å². The van der Waals surface area contributed by atoms with E-state index in [1.165, 1.54) is 25.9 Å². The van der Waals surface area contributed by atoms with Gasteiger partial charge in [0.2, 0.25) is 5.91 Å². The predicted molar refractivity (Wildman–Crippen MR) is 81.8 cm³/mol. The molecule has 2 heterocycles. The molecule has 0 spiro atoms. The number of hydrogen-bond donors (Lipinski definition) is 0. The van der Waals surface area contributed by atoms with Crippen LogP contribution >= 0.6 is 0 Å². The molecule has 1 atom stereocenters. The molecule has 5 heteroatoms. The number of carbonyl (C=O) groups excluding carboxylic acids is 1. The molecule has 20 heavy (non-hydrogen) atoms. The predicted octanol–water partition coefficient (Wildman–Crippen LogP) is 0.175. The number of likely N-dealkylation sites (tertiary alicyclic amines) is 2. The number of piperidine rings is 1. The summed E-state index contributed by atoms with van der Waals surface area (Å²) in [5, 5.41) is 0. The van der Waals surface area contributed by atoms with Gasteiger partial charge >= 0.3 is 0 Å². The van der Waals surface area contributed by atoms with Crippen LogP contribution in [0.4, 0.5) is 0 Å². The Balaban J connectivity index is 1.73. The second-order valence-corrected chi connectivity index (χ2v) is 6.56. The molecular formula is C15H30N4O. The van der Waals surface area contributed by atoms with Crippen LogP contribution in [0.25, 0.3) is 0 Å². The molecule has 2 aliphatic heterocycles. The highest BCUT2D eigenvalue weighted by atomic mass is 16.2. The van der Waals surface area contributed by atoms with Gasteiger partial charge in [0.15, 0.2) is 0 Å². The van der Waals surface area contributed by atoms with Crippen molar-refractivity contribution in [1.82, 2.24) is 19.6 Å². The minimum atomic E-state index is 0.103. The summed E-state index contributed by atoms with van der Waals surface area (Å²) < 4.78 is 0. The third kappa shape index (κ3) is 3.71. The maximum absolute atomic E-state index is 12.0. The van der Waals surface area contributed by atoms with Crippen molar-refractivity contribution in [1.29, 1.82) is 0 Å². The van der Waals surface area contributed by atoms with Crippen LogP contribution in [0.1, 0.15) is 19.3 Å². The molecule has 0 aliphatic carbocycles. The average molecular weight is 282 g/mol. The van der Waals surface area contributed by atoms with Crippen molar-refractivity contribution in [3.05, 3.63) is 0 Å². The van der Waals surface area contributed by atoms with E-state index in [1.807, 2.05) is 11.9 Å². The average Bonchev–Trinajstić information content (AvgIpc) is 2.77. The summed E-state index contributed by atoms with van der Waals surface area (Å²) in [5.41, 5.74) is 0. The first-order valence-electron chi connectivity index (χ1n) is 7.83. The molecule has 5 nitrogen and oxygen atoms in total. The zero-order valence-electron chi connectivity index (χ0n) is 13.5. The molecule has 2 aliphatic rings. The lowest BCUT2D eigenvalue weighted by molar-refractivity contribution is -0.130. The lowest BCUT2D eigenvalue weighted by Crippen LogP contribution is -2.46. The number of carbonyl (C=O) groups is 1. The van der Waals surface area contributed by atoms with Crippen LogP contribution in [-0.4, -0.2) is 98.5 Å². The first-order chi connectivity index (χ1) is 9.49. The van der Waals surface area contributed by atoms with Gasteiger partial charge in [-0.3, -0.25) is 9.69 Å². The molecule has 0 unspecified atom stereocenters. The molecule has 0 saturated carbocycles. The van der Waals surface area contributed by atoms with Crippen molar-refractivity contribution in [3.8, 4) is 0 Å². The third-order valence-electron chi connectivity index (χ3n) is 5.05. The smallest absolute Gasteiger partial charge is 0.239 e. The van der Waals surface area contributed by atoms with Crippen molar-refractivity contribution in [2.45, 2.75) is 31.3 Å². The van der Waals surface area contributed by atoms with Crippen molar-refractivity contribution in [2.24, 2.45) is 0 Å². The quantitative estimate of drug-likeness (QED) is 0.719. The molecule has 0 N–H and O–H groups in total. The van der Waals surface area contributed by atoms with Crippen LogP contribution in [0.15, 0.2) is 0 Å². The molecule has 0 radical (unpaired) electrons. The van der Waals surface area contributed by atoms with Gasteiger partial charge in [-0.15, -0.1) is 0 Å². The lowest BCUT2D eigenvalue weighted by atomic mass is 10.0. The lowest BCUT2D eigenvalue weighted by Gasteiger charge is -2.36. The summed E-state index contributed by atoms with van der Waals surface area (Å²) in [6, 6.07) is 0.812. The number of hydrogen-bond acceptors (Lipinski definition) is 4. The van der Waals surface area contributed by atoms with E-state index in [1.54, 1.807) is 0 Å². The fourth-order valence-corrected chi connectivity index (χ4v) is 3.30. The maximum atomic E-state index is 12.0. The van der Waals surface area contributed by atoms with Crippen LogP contribution in [0, 0.1) is 0 Å².